The topological polar surface area (TPSA) is 101 Å². The second kappa shape index (κ2) is 10.1. The smallest absolute Gasteiger partial charge is 0.355 e. The van der Waals surface area contributed by atoms with Crippen LogP contribution in [-0.2, 0) is 12.7 Å². The molecule has 182 valence electrons. The number of hydrogen-bond acceptors (Lipinski definition) is 6. The lowest BCUT2D eigenvalue weighted by molar-refractivity contribution is -0.137. The van der Waals surface area contributed by atoms with Crippen LogP contribution < -0.4 is 10.2 Å². The van der Waals surface area contributed by atoms with E-state index in [9.17, 15) is 23.2 Å². The van der Waals surface area contributed by atoms with E-state index in [0.717, 1.165) is 42.0 Å². The van der Waals surface area contributed by atoms with Gasteiger partial charge in [0.1, 0.15) is 5.82 Å². The molecule has 11 heteroatoms. The minimum absolute atomic E-state index is 0.290. The molecule has 0 aliphatic carbocycles. The number of H-pyrrole nitrogens is 1. The SMILES string of the molecule is CNC(=O)c1cc(-c2[nH]ncc2CN2CCCN(c3ccc(C(F)(F)F)cn3)CC2)ccc1C#N. The average Bonchev–Trinajstić information content (AvgIpc) is 3.19. The second-order valence-corrected chi connectivity index (χ2v) is 8.24. The van der Waals surface area contributed by atoms with Gasteiger partial charge in [-0.2, -0.15) is 23.5 Å². The molecule has 1 saturated heterocycles. The fourth-order valence-corrected chi connectivity index (χ4v) is 4.14. The summed E-state index contributed by atoms with van der Waals surface area (Å²) in [6.07, 6.45) is -0.958. The number of nitrogens with one attached hydrogen (secondary N) is 2. The Balaban J connectivity index is 1.46. The number of hydrogen-bond donors (Lipinski definition) is 2. The van der Waals surface area contributed by atoms with Gasteiger partial charge in [0.25, 0.3) is 5.91 Å². The molecule has 1 aliphatic heterocycles. The number of aromatic amines is 1. The highest BCUT2D eigenvalue weighted by atomic mass is 19.4. The van der Waals surface area contributed by atoms with Crippen LogP contribution in [-0.4, -0.2) is 59.2 Å². The van der Waals surface area contributed by atoms with Crippen molar-refractivity contribution in [2.45, 2.75) is 19.1 Å². The highest BCUT2D eigenvalue weighted by Crippen LogP contribution is 2.30. The molecule has 2 N–H and O–H groups in total. The van der Waals surface area contributed by atoms with Crippen molar-refractivity contribution in [3.05, 3.63) is 65.0 Å². The van der Waals surface area contributed by atoms with Gasteiger partial charge in [-0.1, -0.05) is 6.07 Å². The molecular weight excluding hydrogens is 459 g/mol. The number of rotatable bonds is 5. The van der Waals surface area contributed by atoms with Crippen molar-refractivity contribution in [3.63, 3.8) is 0 Å². The van der Waals surface area contributed by atoms with Crippen molar-refractivity contribution in [1.82, 2.24) is 25.4 Å². The number of aromatic nitrogens is 3. The lowest BCUT2D eigenvalue weighted by atomic mass is 10.0. The molecule has 0 unspecified atom stereocenters. The summed E-state index contributed by atoms with van der Waals surface area (Å²) in [5, 5.41) is 19.1. The van der Waals surface area contributed by atoms with Crippen LogP contribution in [0.25, 0.3) is 11.3 Å². The van der Waals surface area contributed by atoms with E-state index in [1.165, 1.54) is 13.1 Å². The Morgan fingerprint density at radius 1 is 1.17 bits per heavy atom. The summed E-state index contributed by atoms with van der Waals surface area (Å²) in [4.78, 5) is 20.5. The lowest BCUT2D eigenvalue weighted by Gasteiger charge is -2.23. The number of carbonyl (C=O) groups is 1. The Kier molecular flexibility index (Phi) is 7.02. The Morgan fingerprint density at radius 2 is 2.00 bits per heavy atom. The van der Waals surface area contributed by atoms with Gasteiger partial charge >= 0.3 is 6.18 Å². The largest absolute Gasteiger partial charge is 0.417 e. The van der Waals surface area contributed by atoms with Gasteiger partial charge in [0.05, 0.1) is 34.7 Å². The zero-order valence-corrected chi connectivity index (χ0v) is 19.1. The third-order valence-corrected chi connectivity index (χ3v) is 6.00. The maximum atomic E-state index is 12.8. The van der Waals surface area contributed by atoms with Gasteiger partial charge in [-0.15, -0.1) is 0 Å². The standard InChI is InChI=1S/C24H24F3N7O/c1-29-23(35)20-11-16(3-4-17(20)12-28)22-18(13-31-32-22)15-33-7-2-8-34(10-9-33)21-6-5-19(14-30-21)24(25,26)27/h3-6,11,13-14H,2,7-10,15H2,1H3,(H,29,35)(H,31,32). The minimum Gasteiger partial charge on any atom is -0.355 e. The van der Waals surface area contributed by atoms with Crippen molar-refractivity contribution >= 4 is 11.7 Å². The third-order valence-electron chi connectivity index (χ3n) is 6.00. The van der Waals surface area contributed by atoms with Gasteiger partial charge in [-0.3, -0.25) is 14.8 Å². The highest BCUT2D eigenvalue weighted by molar-refractivity contribution is 5.97. The summed E-state index contributed by atoms with van der Waals surface area (Å²) in [5.41, 5.74) is 2.29. The molecule has 35 heavy (non-hydrogen) atoms. The number of nitriles is 1. The molecule has 3 aromatic rings. The monoisotopic (exact) mass is 483 g/mol. The minimum atomic E-state index is -4.40. The first kappa shape index (κ1) is 24.2. The Hall–Kier alpha value is -3.91. The normalized spacial score (nSPS) is 14.9. The fourth-order valence-electron chi connectivity index (χ4n) is 4.14. The van der Waals surface area contributed by atoms with Crippen molar-refractivity contribution in [3.8, 4) is 17.3 Å². The predicted molar refractivity (Wildman–Crippen MR) is 123 cm³/mol. The lowest BCUT2D eigenvalue weighted by Crippen LogP contribution is -2.31. The maximum absolute atomic E-state index is 12.8. The highest BCUT2D eigenvalue weighted by Gasteiger charge is 2.31. The number of pyridine rings is 1. The van der Waals surface area contributed by atoms with Gasteiger partial charge in [-0.25, -0.2) is 4.98 Å². The Bertz CT molecular complexity index is 1230. The van der Waals surface area contributed by atoms with E-state index >= 15 is 0 Å². The van der Waals surface area contributed by atoms with Crippen LogP contribution in [0.1, 0.15) is 33.5 Å². The van der Waals surface area contributed by atoms with Crippen molar-refractivity contribution in [2.75, 3.05) is 38.1 Å². The average molecular weight is 483 g/mol. The van der Waals surface area contributed by atoms with E-state index in [2.05, 4.69) is 25.4 Å². The van der Waals surface area contributed by atoms with Crippen LogP contribution in [0, 0.1) is 11.3 Å². The molecule has 0 radical (unpaired) electrons. The number of amides is 1. The molecule has 1 aliphatic rings. The van der Waals surface area contributed by atoms with Gasteiger partial charge in [0.2, 0.25) is 0 Å². The molecule has 3 heterocycles. The second-order valence-electron chi connectivity index (χ2n) is 8.24. The van der Waals surface area contributed by atoms with Gasteiger partial charge in [0, 0.05) is 57.1 Å². The molecule has 0 spiro atoms. The third kappa shape index (κ3) is 5.44. The first-order valence-corrected chi connectivity index (χ1v) is 11.1. The zero-order valence-electron chi connectivity index (χ0n) is 19.1. The van der Waals surface area contributed by atoms with Crippen LogP contribution in [0.15, 0.2) is 42.7 Å². The van der Waals surface area contributed by atoms with Crippen molar-refractivity contribution in [2.24, 2.45) is 0 Å². The van der Waals surface area contributed by atoms with E-state index in [-0.39, 0.29) is 5.91 Å². The summed E-state index contributed by atoms with van der Waals surface area (Å²) < 4.78 is 38.5. The summed E-state index contributed by atoms with van der Waals surface area (Å²) in [6, 6.07) is 9.59. The number of benzene rings is 1. The van der Waals surface area contributed by atoms with Gasteiger partial charge in [0.15, 0.2) is 0 Å². The van der Waals surface area contributed by atoms with Gasteiger partial charge in [-0.05, 0) is 30.7 Å². The van der Waals surface area contributed by atoms with E-state index in [4.69, 9.17) is 0 Å². The molecule has 1 aromatic carbocycles. The Morgan fingerprint density at radius 3 is 2.69 bits per heavy atom. The number of nitrogens with zero attached hydrogens (tertiary/aromatic N) is 5. The van der Waals surface area contributed by atoms with E-state index in [0.29, 0.717) is 43.1 Å². The molecule has 1 fully saturated rings. The first-order valence-electron chi connectivity index (χ1n) is 11.1. The summed E-state index contributed by atoms with van der Waals surface area (Å²) in [6.45, 7) is 3.43. The molecule has 0 bridgehead atoms. The van der Waals surface area contributed by atoms with Crippen LogP contribution >= 0.6 is 0 Å². The molecular formula is C24H24F3N7O. The van der Waals surface area contributed by atoms with Crippen LogP contribution in [0.2, 0.25) is 0 Å². The summed E-state index contributed by atoms with van der Waals surface area (Å²) >= 11 is 0. The molecule has 2 aromatic heterocycles. The van der Waals surface area contributed by atoms with Crippen LogP contribution in [0.5, 0.6) is 0 Å². The number of anilines is 1. The van der Waals surface area contributed by atoms with Crippen molar-refractivity contribution < 1.29 is 18.0 Å². The summed E-state index contributed by atoms with van der Waals surface area (Å²) in [7, 11) is 1.51. The molecule has 1 amide bonds. The molecule has 8 nitrogen and oxygen atoms in total. The first-order chi connectivity index (χ1) is 16.8. The van der Waals surface area contributed by atoms with E-state index in [1.807, 2.05) is 11.0 Å². The molecule has 0 saturated carbocycles. The number of alkyl halides is 3. The van der Waals surface area contributed by atoms with E-state index in [1.54, 1.807) is 24.4 Å². The molecule has 4 rings (SSSR count). The van der Waals surface area contributed by atoms with Gasteiger partial charge < -0.3 is 10.2 Å². The quantitative estimate of drug-likeness (QED) is 0.577. The summed E-state index contributed by atoms with van der Waals surface area (Å²) in [5.74, 6) is 0.192. The molecule has 0 atom stereocenters. The number of carbonyl (C=O) groups excluding carboxylic acids is 1. The maximum Gasteiger partial charge on any atom is 0.417 e. The predicted octanol–water partition coefficient (Wildman–Crippen LogP) is 3.43. The Labute approximate surface area is 200 Å². The van der Waals surface area contributed by atoms with E-state index < -0.39 is 11.7 Å². The van der Waals surface area contributed by atoms with Crippen molar-refractivity contribution in [1.29, 1.82) is 5.26 Å². The van der Waals surface area contributed by atoms with Crippen LogP contribution in [0.4, 0.5) is 19.0 Å². The fraction of sp³-hybridized carbons (Fsp3) is 0.333. The van der Waals surface area contributed by atoms with Crippen LogP contribution in [0.3, 0.4) is 0 Å². The zero-order chi connectivity index (χ0) is 25.0. The number of halogens is 3.